The van der Waals surface area contributed by atoms with E-state index in [0.29, 0.717) is 0 Å². The van der Waals surface area contributed by atoms with Gasteiger partial charge in [-0.1, -0.05) is 12.1 Å². The van der Waals surface area contributed by atoms with Crippen LogP contribution < -0.4 is 10.2 Å². The van der Waals surface area contributed by atoms with Crippen LogP contribution in [-0.4, -0.2) is 22.2 Å². The van der Waals surface area contributed by atoms with E-state index in [9.17, 15) is 13.2 Å². The molecule has 1 aromatic carbocycles. The first-order valence-electron chi connectivity index (χ1n) is 5.53. The van der Waals surface area contributed by atoms with Crippen molar-refractivity contribution in [1.82, 2.24) is 4.98 Å². The van der Waals surface area contributed by atoms with Crippen LogP contribution in [0.15, 0.2) is 42.6 Å². The lowest BCUT2D eigenvalue weighted by molar-refractivity contribution is -0.137. The van der Waals surface area contributed by atoms with Gasteiger partial charge in [-0.3, -0.25) is 0 Å². The van der Waals surface area contributed by atoms with Crippen molar-refractivity contribution in [3.8, 4) is 11.6 Å². The lowest BCUT2D eigenvalue weighted by atomic mass is 9.82. The van der Waals surface area contributed by atoms with Crippen molar-refractivity contribution in [2.45, 2.75) is 6.18 Å². The summed E-state index contributed by atoms with van der Waals surface area (Å²) in [5.41, 5.74) is -0.668. The summed E-state index contributed by atoms with van der Waals surface area (Å²) in [5, 5.41) is 17.8. The summed E-state index contributed by atoms with van der Waals surface area (Å²) in [7, 11) is -1.66. The molecule has 0 aliphatic heterocycles. The van der Waals surface area contributed by atoms with Crippen LogP contribution in [0.5, 0.6) is 11.6 Å². The predicted molar refractivity (Wildman–Crippen MR) is 65.6 cm³/mol. The van der Waals surface area contributed by atoms with Gasteiger partial charge in [0.2, 0.25) is 5.88 Å². The second-order valence-electron chi connectivity index (χ2n) is 3.93. The molecule has 0 bridgehead atoms. The van der Waals surface area contributed by atoms with E-state index < -0.39 is 18.9 Å². The summed E-state index contributed by atoms with van der Waals surface area (Å²) in [6.07, 6.45) is -3.29. The Hall–Kier alpha value is -2.06. The van der Waals surface area contributed by atoms with Crippen LogP contribution in [-0.2, 0) is 6.18 Å². The Labute approximate surface area is 112 Å². The topological polar surface area (TPSA) is 62.6 Å². The molecular formula is C12H9BF3NO3. The van der Waals surface area contributed by atoms with Gasteiger partial charge in [-0.05, 0) is 18.2 Å². The molecule has 0 spiro atoms. The van der Waals surface area contributed by atoms with Crippen LogP contribution in [0.4, 0.5) is 13.2 Å². The molecule has 104 valence electrons. The monoisotopic (exact) mass is 283 g/mol. The number of hydrogen-bond donors (Lipinski definition) is 2. The molecule has 0 saturated carbocycles. The highest BCUT2D eigenvalue weighted by atomic mass is 19.4. The van der Waals surface area contributed by atoms with Gasteiger partial charge in [0.25, 0.3) is 0 Å². The maximum absolute atomic E-state index is 12.5. The molecule has 0 atom stereocenters. The zero-order chi connectivity index (χ0) is 14.8. The van der Waals surface area contributed by atoms with Gasteiger partial charge in [-0.25, -0.2) is 4.98 Å². The number of halogens is 3. The summed E-state index contributed by atoms with van der Waals surface area (Å²) in [6.45, 7) is 0. The maximum atomic E-state index is 12.5. The molecule has 0 fully saturated rings. The average Bonchev–Trinajstić information content (AvgIpc) is 2.38. The molecule has 4 nitrogen and oxygen atoms in total. The first-order chi connectivity index (χ1) is 9.36. The zero-order valence-electron chi connectivity index (χ0n) is 10.0. The van der Waals surface area contributed by atoms with Gasteiger partial charge in [-0.2, -0.15) is 13.2 Å². The number of alkyl halides is 3. The number of hydrogen-bond acceptors (Lipinski definition) is 4. The molecule has 20 heavy (non-hydrogen) atoms. The highest BCUT2D eigenvalue weighted by Crippen LogP contribution is 2.32. The van der Waals surface area contributed by atoms with Crippen LogP contribution in [0.1, 0.15) is 5.56 Å². The first kappa shape index (κ1) is 14.4. The first-order valence-corrected chi connectivity index (χ1v) is 5.53. The molecule has 0 aliphatic rings. The number of nitrogens with zero attached hydrogens (tertiary/aromatic N) is 1. The summed E-state index contributed by atoms with van der Waals surface area (Å²) in [4.78, 5) is 3.76. The number of benzene rings is 1. The molecule has 2 aromatic rings. The van der Waals surface area contributed by atoms with Crippen molar-refractivity contribution in [1.29, 1.82) is 0 Å². The zero-order valence-corrected chi connectivity index (χ0v) is 10.0. The second-order valence-corrected chi connectivity index (χ2v) is 3.93. The summed E-state index contributed by atoms with van der Waals surface area (Å²) in [6, 6.07) is 7.06. The molecule has 0 aliphatic carbocycles. The Balaban J connectivity index is 2.18. The maximum Gasteiger partial charge on any atom is 0.490 e. The van der Waals surface area contributed by atoms with Crippen molar-refractivity contribution in [3.63, 3.8) is 0 Å². The third kappa shape index (κ3) is 3.49. The second kappa shape index (κ2) is 5.52. The Morgan fingerprint density at radius 3 is 2.40 bits per heavy atom. The fourth-order valence-corrected chi connectivity index (χ4v) is 1.46. The van der Waals surface area contributed by atoms with E-state index in [4.69, 9.17) is 14.8 Å². The summed E-state index contributed by atoms with van der Waals surface area (Å²) < 4.78 is 42.7. The van der Waals surface area contributed by atoms with Crippen LogP contribution in [0.2, 0.25) is 0 Å². The Morgan fingerprint density at radius 2 is 1.85 bits per heavy atom. The standard InChI is InChI=1S/C12H9BF3NO3/c14-12(15,16)8-2-1-3-10(6-8)20-11-5-4-9(7-17-11)13(18)19/h1-7,18-19H. The number of ether oxygens (including phenoxy) is 1. The summed E-state index contributed by atoms with van der Waals surface area (Å²) >= 11 is 0. The predicted octanol–water partition coefficient (Wildman–Crippen LogP) is 1.57. The number of aromatic nitrogens is 1. The SMILES string of the molecule is OB(O)c1ccc(Oc2cccc(C(F)(F)F)c2)nc1. The average molecular weight is 283 g/mol. The van der Waals surface area contributed by atoms with Crippen molar-refractivity contribution in [2.24, 2.45) is 0 Å². The lowest BCUT2D eigenvalue weighted by Gasteiger charge is -2.09. The highest BCUT2D eigenvalue weighted by molar-refractivity contribution is 6.58. The van der Waals surface area contributed by atoms with Crippen LogP contribution >= 0.6 is 0 Å². The number of pyridine rings is 1. The molecule has 0 unspecified atom stereocenters. The van der Waals surface area contributed by atoms with E-state index >= 15 is 0 Å². The van der Waals surface area contributed by atoms with Gasteiger partial charge in [0, 0.05) is 17.7 Å². The molecule has 0 saturated heterocycles. The molecule has 8 heteroatoms. The minimum absolute atomic E-state index is 0.00961. The van der Waals surface area contributed by atoms with Gasteiger partial charge in [0.1, 0.15) is 5.75 Å². The fraction of sp³-hybridized carbons (Fsp3) is 0.0833. The smallest absolute Gasteiger partial charge is 0.439 e. The quantitative estimate of drug-likeness (QED) is 0.839. The largest absolute Gasteiger partial charge is 0.490 e. The van der Waals surface area contributed by atoms with Gasteiger partial charge in [-0.15, -0.1) is 0 Å². The fourth-order valence-electron chi connectivity index (χ4n) is 1.46. The molecule has 1 aromatic heterocycles. The Bertz CT molecular complexity index is 587. The summed E-state index contributed by atoms with van der Waals surface area (Å²) in [5.74, 6) is 0.0401. The minimum Gasteiger partial charge on any atom is -0.439 e. The minimum atomic E-state index is -4.45. The van der Waals surface area contributed by atoms with E-state index in [-0.39, 0.29) is 17.1 Å². The third-order valence-electron chi connectivity index (χ3n) is 2.44. The van der Waals surface area contributed by atoms with Gasteiger partial charge >= 0.3 is 13.3 Å². The van der Waals surface area contributed by atoms with Crippen molar-refractivity contribution in [3.05, 3.63) is 48.2 Å². The van der Waals surface area contributed by atoms with Crippen molar-refractivity contribution in [2.75, 3.05) is 0 Å². The molecule has 2 N–H and O–H groups in total. The van der Waals surface area contributed by atoms with Gasteiger partial charge in [0.15, 0.2) is 0 Å². The van der Waals surface area contributed by atoms with Crippen molar-refractivity contribution < 1.29 is 28.0 Å². The highest BCUT2D eigenvalue weighted by Gasteiger charge is 2.30. The molecule has 1 heterocycles. The third-order valence-corrected chi connectivity index (χ3v) is 2.44. The van der Waals surface area contributed by atoms with Crippen molar-refractivity contribution >= 4 is 12.6 Å². The number of rotatable bonds is 3. The van der Waals surface area contributed by atoms with Gasteiger partial charge < -0.3 is 14.8 Å². The normalized spacial score (nSPS) is 11.2. The Kier molecular flexibility index (Phi) is 3.96. The lowest BCUT2D eigenvalue weighted by Crippen LogP contribution is -2.29. The van der Waals surface area contributed by atoms with Gasteiger partial charge in [0.05, 0.1) is 5.56 Å². The molecule has 2 rings (SSSR count). The van der Waals surface area contributed by atoms with E-state index in [1.54, 1.807) is 0 Å². The van der Waals surface area contributed by atoms with E-state index in [1.807, 2.05) is 0 Å². The molecule has 0 amide bonds. The molecular weight excluding hydrogens is 274 g/mol. The van der Waals surface area contributed by atoms with Crippen LogP contribution in [0, 0.1) is 0 Å². The Morgan fingerprint density at radius 1 is 1.10 bits per heavy atom. The van der Waals surface area contributed by atoms with E-state index in [2.05, 4.69) is 4.98 Å². The van der Waals surface area contributed by atoms with E-state index in [1.165, 1.54) is 24.3 Å². The van der Waals surface area contributed by atoms with E-state index in [0.717, 1.165) is 18.3 Å². The van der Waals surface area contributed by atoms with Crippen LogP contribution in [0.25, 0.3) is 0 Å². The van der Waals surface area contributed by atoms with Crippen LogP contribution in [0.3, 0.4) is 0 Å². The molecule has 0 radical (unpaired) electrons.